The maximum Gasteiger partial charge on any atom is 0.251 e. The van der Waals surface area contributed by atoms with E-state index in [-0.39, 0.29) is 18.2 Å². The van der Waals surface area contributed by atoms with Gasteiger partial charge in [-0.15, -0.1) is 0 Å². The van der Waals surface area contributed by atoms with Crippen LogP contribution in [0.2, 0.25) is 0 Å². The summed E-state index contributed by atoms with van der Waals surface area (Å²) in [6, 6.07) is 19.0. The van der Waals surface area contributed by atoms with E-state index in [2.05, 4.69) is 15.2 Å². The number of aliphatic imine (C=N–C) groups is 1. The number of carbonyl (C=O) groups is 1. The van der Waals surface area contributed by atoms with Crippen molar-refractivity contribution in [1.82, 2.24) is 10.2 Å². The molecule has 0 bridgehead atoms. The zero-order valence-electron chi connectivity index (χ0n) is 15.4. The van der Waals surface area contributed by atoms with E-state index in [1.807, 2.05) is 60.7 Å². The second kappa shape index (κ2) is 9.32. The molecule has 0 atom stereocenters. The highest BCUT2D eigenvalue weighted by Gasteiger charge is 2.06. The number of hydrogen-bond acceptors (Lipinski definition) is 4. The topological polar surface area (TPSA) is 105 Å². The van der Waals surface area contributed by atoms with Crippen LogP contribution < -0.4 is 5.73 Å². The Labute approximate surface area is 163 Å². The van der Waals surface area contributed by atoms with Gasteiger partial charge in [0.05, 0.1) is 18.8 Å². The van der Waals surface area contributed by atoms with Crippen LogP contribution in [0.3, 0.4) is 0 Å². The van der Waals surface area contributed by atoms with Gasteiger partial charge in [-0.3, -0.25) is 4.79 Å². The van der Waals surface area contributed by atoms with Crippen molar-refractivity contribution < 1.29 is 4.79 Å². The standard InChI is InChI=1S/C22H21N5O/c23-20(18-4-2-1-3-5-18)10-11-21(24)27-22(28)14-16-6-8-17(9-7-16)19-12-13-25-26-15-19/h1-9,12-13,15,23H,10-11,14H2,(H2,24,27,28). The molecule has 0 fully saturated rings. The van der Waals surface area contributed by atoms with E-state index in [0.29, 0.717) is 18.6 Å². The van der Waals surface area contributed by atoms with Crippen LogP contribution in [0, 0.1) is 5.41 Å². The number of amidine groups is 1. The monoisotopic (exact) mass is 371 g/mol. The fourth-order valence-corrected chi connectivity index (χ4v) is 2.74. The molecule has 0 radical (unpaired) electrons. The average molecular weight is 371 g/mol. The van der Waals surface area contributed by atoms with Gasteiger partial charge in [0.2, 0.25) is 0 Å². The Kier molecular flexibility index (Phi) is 6.36. The van der Waals surface area contributed by atoms with Gasteiger partial charge in [-0.25, -0.2) is 4.99 Å². The highest BCUT2D eigenvalue weighted by Crippen LogP contribution is 2.18. The number of nitrogens with two attached hydrogens (primary N) is 1. The predicted molar refractivity (Wildman–Crippen MR) is 110 cm³/mol. The van der Waals surface area contributed by atoms with Crippen LogP contribution >= 0.6 is 0 Å². The van der Waals surface area contributed by atoms with Crippen LogP contribution in [0.1, 0.15) is 24.0 Å². The van der Waals surface area contributed by atoms with E-state index < -0.39 is 0 Å². The van der Waals surface area contributed by atoms with Crippen molar-refractivity contribution in [3.05, 3.63) is 84.2 Å². The van der Waals surface area contributed by atoms with Crippen molar-refractivity contribution in [2.75, 3.05) is 0 Å². The second-order valence-corrected chi connectivity index (χ2v) is 6.35. The largest absolute Gasteiger partial charge is 0.387 e. The average Bonchev–Trinajstić information content (AvgIpc) is 2.74. The number of nitrogens with zero attached hydrogens (tertiary/aromatic N) is 3. The summed E-state index contributed by atoms with van der Waals surface area (Å²) in [5.41, 5.74) is 10.0. The van der Waals surface area contributed by atoms with E-state index in [4.69, 9.17) is 11.1 Å². The predicted octanol–water partition coefficient (Wildman–Crippen LogP) is 3.42. The van der Waals surface area contributed by atoms with E-state index in [0.717, 1.165) is 22.3 Å². The molecule has 6 nitrogen and oxygen atoms in total. The third-order valence-corrected chi connectivity index (χ3v) is 4.25. The van der Waals surface area contributed by atoms with Gasteiger partial charge in [0, 0.05) is 17.7 Å². The number of amides is 1. The molecule has 1 aromatic heterocycles. The molecule has 3 aromatic rings. The molecule has 0 saturated heterocycles. The van der Waals surface area contributed by atoms with E-state index in [1.54, 1.807) is 12.4 Å². The maximum absolute atomic E-state index is 12.2. The van der Waals surface area contributed by atoms with E-state index in [1.165, 1.54) is 0 Å². The lowest BCUT2D eigenvalue weighted by Crippen LogP contribution is -2.16. The molecule has 1 heterocycles. The molecule has 2 aromatic carbocycles. The molecule has 0 aliphatic heterocycles. The van der Waals surface area contributed by atoms with Crippen molar-refractivity contribution in [2.45, 2.75) is 19.3 Å². The molecule has 0 saturated carbocycles. The Morgan fingerprint density at radius 3 is 2.36 bits per heavy atom. The smallest absolute Gasteiger partial charge is 0.251 e. The van der Waals surface area contributed by atoms with Crippen LogP contribution in [0.15, 0.2) is 78.0 Å². The van der Waals surface area contributed by atoms with Gasteiger partial charge in [0.1, 0.15) is 5.84 Å². The normalized spacial score (nSPS) is 11.2. The summed E-state index contributed by atoms with van der Waals surface area (Å²) in [6.07, 6.45) is 4.35. The van der Waals surface area contributed by atoms with Gasteiger partial charge in [-0.1, -0.05) is 54.6 Å². The summed E-state index contributed by atoms with van der Waals surface area (Å²) in [6.45, 7) is 0. The van der Waals surface area contributed by atoms with Crippen LogP contribution in [0.5, 0.6) is 0 Å². The Morgan fingerprint density at radius 1 is 0.929 bits per heavy atom. The van der Waals surface area contributed by atoms with Crippen molar-refractivity contribution in [1.29, 1.82) is 5.41 Å². The first-order valence-electron chi connectivity index (χ1n) is 8.96. The SMILES string of the molecule is N=C(CCC(N)=NC(=O)Cc1ccc(-c2ccnnc2)cc1)c1ccccc1. The zero-order chi connectivity index (χ0) is 19.8. The zero-order valence-corrected chi connectivity index (χ0v) is 15.4. The Bertz CT molecular complexity index is 967. The van der Waals surface area contributed by atoms with Crippen molar-refractivity contribution in [3.63, 3.8) is 0 Å². The third-order valence-electron chi connectivity index (χ3n) is 4.25. The van der Waals surface area contributed by atoms with Gasteiger partial charge in [-0.2, -0.15) is 10.2 Å². The van der Waals surface area contributed by atoms with Gasteiger partial charge < -0.3 is 11.1 Å². The Hall–Kier alpha value is -3.67. The van der Waals surface area contributed by atoms with Crippen LogP contribution in [-0.2, 0) is 11.2 Å². The Morgan fingerprint density at radius 2 is 1.68 bits per heavy atom. The first-order chi connectivity index (χ1) is 13.6. The number of benzene rings is 2. The fourth-order valence-electron chi connectivity index (χ4n) is 2.74. The minimum Gasteiger partial charge on any atom is -0.387 e. The van der Waals surface area contributed by atoms with Gasteiger partial charge in [0.15, 0.2) is 0 Å². The maximum atomic E-state index is 12.2. The molecule has 140 valence electrons. The number of hydrogen-bond donors (Lipinski definition) is 2. The Balaban J connectivity index is 1.53. The minimum absolute atomic E-state index is 0.186. The number of carbonyl (C=O) groups excluding carboxylic acids is 1. The summed E-state index contributed by atoms with van der Waals surface area (Å²) in [4.78, 5) is 16.1. The number of aromatic nitrogens is 2. The van der Waals surface area contributed by atoms with Crippen molar-refractivity contribution >= 4 is 17.5 Å². The van der Waals surface area contributed by atoms with Crippen LogP contribution in [0.25, 0.3) is 11.1 Å². The van der Waals surface area contributed by atoms with Crippen molar-refractivity contribution in [2.24, 2.45) is 10.7 Å². The first kappa shape index (κ1) is 19.1. The minimum atomic E-state index is -0.290. The molecule has 6 heteroatoms. The summed E-state index contributed by atoms with van der Waals surface area (Å²) in [5, 5.41) is 15.7. The molecule has 0 spiro atoms. The quantitative estimate of drug-likeness (QED) is 0.490. The lowest BCUT2D eigenvalue weighted by Gasteiger charge is -2.05. The summed E-state index contributed by atoms with van der Waals surface area (Å²) < 4.78 is 0. The molecule has 3 N–H and O–H groups in total. The lowest BCUT2D eigenvalue weighted by atomic mass is 10.0. The summed E-state index contributed by atoms with van der Waals surface area (Å²) >= 11 is 0. The molecule has 0 unspecified atom stereocenters. The fraction of sp³-hybridized carbons (Fsp3) is 0.136. The molecule has 3 rings (SSSR count). The molecule has 0 aliphatic carbocycles. The lowest BCUT2D eigenvalue weighted by molar-refractivity contribution is -0.117. The number of nitrogens with one attached hydrogen (secondary N) is 1. The number of rotatable bonds is 7. The van der Waals surface area contributed by atoms with Gasteiger partial charge >= 0.3 is 0 Å². The molecular formula is C22H21N5O. The highest BCUT2D eigenvalue weighted by molar-refractivity contribution is 6.01. The van der Waals surface area contributed by atoms with Gasteiger partial charge in [-0.05, 0) is 29.2 Å². The van der Waals surface area contributed by atoms with Crippen LogP contribution in [-0.4, -0.2) is 27.7 Å². The second-order valence-electron chi connectivity index (χ2n) is 6.35. The van der Waals surface area contributed by atoms with Crippen LogP contribution in [0.4, 0.5) is 0 Å². The van der Waals surface area contributed by atoms with E-state index >= 15 is 0 Å². The first-order valence-corrected chi connectivity index (χ1v) is 8.96. The van der Waals surface area contributed by atoms with E-state index in [9.17, 15) is 4.79 Å². The highest BCUT2D eigenvalue weighted by atomic mass is 16.1. The third kappa shape index (κ3) is 5.41. The summed E-state index contributed by atoms with van der Waals surface area (Å²) in [7, 11) is 0. The molecule has 28 heavy (non-hydrogen) atoms. The molecule has 0 aliphatic rings. The molecule has 1 amide bonds. The van der Waals surface area contributed by atoms with Gasteiger partial charge in [0.25, 0.3) is 5.91 Å². The molecular weight excluding hydrogens is 350 g/mol. The van der Waals surface area contributed by atoms with Crippen molar-refractivity contribution in [3.8, 4) is 11.1 Å². The summed E-state index contributed by atoms with van der Waals surface area (Å²) in [5.74, 6) is -0.0350.